The Bertz CT molecular complexity index is 718. The van der Waals surface area contributed by atoms with Crippen LogP contribution in [0.5, 0.6) is 0 Å². The van der Waals surface area contributed by atoms with Crippen LogP contribution in [0.2, 0.25) is 0 Å². The van der Waals surface area contributed by atoms with E-state index in [1.54, 1.807) is 0 Å². The molecule has 1 saturated heterocycles. The monoisotopic (exact) mass is 342 g/mol. The smallest absolute Gasteiger partial charge is 0.225 e. The van der Waals surface area contributed by atoms with Gasteiger partial charge in [0, 0.05) is 26.2 Å². The van der Waals surface area contributed by atoms with Gasteiger partial charge in [0.1, 0.15) is 0 Å². The molecule has 0 atom stereocenters. The van der Waals surface area contributed by atoms with E-state index in [4.69, 9.17) is 0 Å². The van der Waals surface area contributed by atoms with Crippen LogP contribution >= 0.6 is 0 Å². The highest BCUT2D eigenvalue weighted by Crippen LogP contribution is 2.33. The maximum Gasteiger partial charge on any atom is 0.225 e. The molecule has 4 rings (SSSR count). The molecule has 0 radical (unpaired) electrons. The van der Waals surface area contributed by atoms with Crippen molar-refractivity contribution >= 4 is 22.9 Å². The second-order valence-corrected chi connectivity index (χ2v) is 7.41. The number of nitrogens with one attached hydrogen (secondary N) is 1. The largest absolute Gasteiger partial charge is 0.389 e. The first-order chi connectivity index (χ1) is 12.1. The van der Waals surface area contributed by atoms with Crippen molar-refractivity contribution in [3.63, 3.8) is 0 Å². The first-order valence-corrected chi connectivity index (χ1v) is 9.33. The molecule has 6 heteroatoms. The van der Waals surface area contributed by atoms with Gasteiger partial charge in [-0.1, -0.05) is 25.0 Å². The van der Waals surface area contributed by atoms with E-state index in [2.05, 4.69) is 14.9 Å². The van der Waals surface area contributed by atoms with Crippen LogP contribution < -0.4 is 4.90 Å². The third kappa shape index (κ3) is 3.49. The molecular weight excluding hydrogens is 316 g/mol. The van der Waals surface area contributed by atoms with E-state index in [1.807, 2.05) is 29.2 Å². The lowest BCUT2D eigenvalue weighted by atomic mass is 9.97. The summed E-state index contributed by atoms with van der Waals surface area (Å²) in [5, 5.41) is 10.5. The van der Waals surface area contributed by atoms with Gasteiger partial charge < -0.3 is 19.9 Å². The molecule has 1 aromatic carbocycles. The minimum Gasteiger partial charge on any atom is -0.389 e. The fourth-order valence-corrected chi connectivity index (χ4v) is 4.07. The number of hydrogen-bond donors (Lipinski definition) is 2. The van der Waals surface area contributed by atoms with E-state index < -0.39 is 5.60 Å². The fourth-order valence-electron chi connectivity index (χ4n) is 4.07. The summed E-state index contributed by atoms with van der Waals surface area (Å²) in [5.41, 5.74) is 1.25. The van der Waals surface area contributed by atoms with E-state index in [0.29, 0.717) is 6.54 Å². The first kappa shape index (κ1) is 16.4. The highest BCUT2D eigenvalue weighted by atomic mass is 16.3. The number of benzene rings is 1. The number of carbonyl (C=O) groups excluding carboxylic acids is 1. The van der Waals surface area contributed by atoms with Crippen LogP contribution in [0.4, 0.5) is 5.95 Å². The summed E-state index contributed by atoms with van der Waals surface area (Å²) >= 11 is 0. The Morgan fingerprint density at radius 1 is 1.12 bits per heavy atom. The number of fused-ring (bicyclic) bond motifs is 1. The Labute approximate surface area is 147 Å². The molecule has 2 N–H and O–H groups in total. The summed E-state index contributed by atoms with van der Waals surface area (Å²) in [4.78, 5) is 24.8. The molecular formula is C19H26N4O2. The lowest BCUT2D eigenvalue weighted by Gasteiger charge is -2.27. The van der Waals surface area contributed by atoms with Crippen molar-refractivity contribution in [1.29, 1.82) is 0 Å². The van der Waals surface area contributed by atoms with Gasteiger partial charge in [-0.25, -0.2) is 4.98 Å². The quantitative estimate of drug-likeness (QED) is 0.898. The van der Waals surface area contributed by atoms with E-state index in [0.717, 1.165) is 68.7 Å². The van der Waals surface area contributed by atoms with Gasteiger partial charge in [-0.15, -0.1) is 0 Å². The van der Waals surface area contributed by atoms with Gasteiger partial charge in [-0.3, -0.25) is 4.79 Å². The minimum absolute atomic E-state index is 0.0934. The molecule has 1 aromatic heterocycles. The Morgan fingerprint density at radius 2 is 1.92 bits per heavy atom. The average molecular weight is 342 g/mol. The number of rotatable bonds is 3. The highest BCUT2D eigenvalue weighted by Gasteiger charge is 2.35. The molecule has 2 aromatic rings. The van der Waals surface area contributed by atoms with Crippen LogP contribution in [0.1, 0.15) is 38.5 Å². The van der Waals surface area contributed by atoms with Crippen LogP contribution in [-0.4, -0.2) is 57.7 Å². The molecule has 2 fully saturated rings. The SMILES string of the molecule is O=C(CC1(O)CCCC1)N1CCCN(c2nc3ccccc3[nH]2)CC1. The number of aromatic amines is 1. The van der Waals surface area contributed by atoms with E-state index in [9.17, 15) is 9.90 Å². The summed E-state index contributed by atoms with van der Waals surface area (Å²) in [6.07, 6.45) is 4.78. The van der Waals surface area contributed by atoms with Gasteiger partial charge in [-0.05, 0) is 31.4 Å². The van der Waals surface area contributed by atoms with Crippen molar-refractivity contribution in [1.82, 2.24) is 14.9 Å². The Kier molecular flexibility index (Phi) is 4.37. The zero-order valence-electron chi connectivity index (χ0n) is 14.6. The summed E-state index contributed by atoms with van der Waals surface area (Å²) in [6.45, 7) is 3.09. The molecule has 1 aliphatic carbocycles. The molecule has 25 heavy (non-hydrogen) atoms. The number of carbonyl (C=O) groups is 1. The van der Waals surface area contributed by atoms with Crippen molar-refractivity contribution in [3.05, 3.63) is 24.3 Å². The number of amides is 1. The van der Waals surface area contributed by atoms with E-state index in [-0.39, 0.29) is 12.3 Å². The molecule has 0 spiro atoms. The zero-order valence-corrected chi connectivity index (χ0v) is 14.6. The van der Waals surface area contributed by atoms with Gasteiger partial charge in [0.05, 0.1) is 23.1 Å². The van der Waals surface area contributed by atoms with Crippen molar-refractivity contribution in [3.8, 4) is 0 Å². The molecule has 1 amide bonds. The zero-order chi connectivity index (χ0) is 17.3. The maximum atomic E-state index is 12.6. The summed E-state index contributed by atoms with van der Waals surface area (Å²) in [5.74, 6) is 0.973. The topological polar surface area (TPSA) is 72.5 Å². The molecule has 1 aliphatic heterocycles. The standard InChI is InChI=1S/C19H26N4O2/c24-17(14-19(25)8-3-4-9-19)22-10-5-11-23(13-12-22)18-20-15-6-1-2-7-16(15)21-18/h1-2,6-7,25H,3-5,8-14H2,(H,20,21). The van der Waals surface area contributed by atoms with E-state index >= 15 is 0 Å². The molecule has 2 heterocycles. The highest BCUT2D eigenvalue weighted by molar-refractivity contribution is 5.78. The first-order valence-electron chi connectivity index (χ1n) is 9.33. The van der Waals surface area contributed by atoms with Crippen molar-refractivity contribution in [2.45, 2.75) is 44.1 Å². The Balaban J connectivity index is 1.40. The summed E-state index contributed by atoms with van der Waals surface area (Å²) in [7, 11) is 0. The van der Waals surface area contributed by atoms with Crippen LogP contribution in [0, 0.1) is 0 Å². The van der Waals surface area contributed by atoms with Crippen LogP contribution in [0.3, 0.4) is 0 Å². The lowest BCUT2D eigenvalue weighted by Crippen LogP contribution is -2.40. The Morgan fingerprint density at radius 3 is 2.72 bits per heavy atom. The third-order valence-corrected chi connectivity index (χ3v) is 5.54. The Hall–Kier alpha value is -2.08. The number of aromatic nitrogens is 2. The number of H-pyrrole nitrogens is 1. The number of aliphatic hydroxyl groups is 1. The molecule has 6 nitrogen and oxygen atoms in total. The minimum atomic E-state index is -0.762. The predicted octanol–water partition coefficient (Wildman–Crippen LogP) is 2.30. The number of para-hydroxylation sites is 2. The fraction of sp³-hybridized carbons (Fsp3) is 0.579. The molecule has 134 valence electrons. The lowest BCUT2D eigenvalue weighted by molar-refractivity contribution is -0.136. The van der Waals surface area contributed by atoms with Crippen LogP contribution in [-0.2, 0) is 4.79 Å². The van der Waals surface area contributed by atoms with Gasteiger partial charge in [0.2, 0.25) is 11.9 Å². The summed E-state index contributed by atoms with van der Waals surface area (Å²) < 4.78 is 0. The maximum absolute atomic E-state index is 12.6. The molecule has 0 unspecified atom stereocenters. The number of anilines is 1. The summed E-state index contributed by atoms with van der Waals surface area (Å²) in [6, 6.07) is 8.03. The molecule has 1 saturated carbocycles. The number of imidazole rings is 1. The predicted molar refractivity (Wildman–Crippen MR) is 97.5 cm³/mol. The van der Waals surface area contributed by atoms with E-state index in [1.165, 1.54) is 0 Å². The number of nitrogens with zero attached hydrogens (tertiary/aromatic N) is 3. The normalized spacial score (nSPS) is 20.8. The van der Waals surface area contributed by atoms with Crippen molar-refractivity contribution in [2.75, 3.05) is 31.1 Å². The molecule has 0 bridgehead atoms. The average Bonchev–Trinajstić information content (AvgIpc) is 3.13. The van der Waals surface area contributed by atoms with Gasteiger partial charge in [0.15, 0.2) is 0 Å². The van der Waals surface area contributed by atoms with Gasteiger partial charge >= 0.3 is 0 Å². The van der Waals surface area contributed by atoms with Crippen molar-refractivity contribution < 1.29 is 9.90 Å². The second kappa shape index (κ2) is 6.67. The molecule has 2 aliphatic rings. The van der Waals surface area contributed by atoms with Gasteiger partial charge in [0.25, 0.3) is 0 Å². The van der Waals surface area contributed by atoms with Crippen LogP contribution in [0.25, 0.3) is 11.0 Å². The second-order valence-electron chi connectivity index (χ2n) is 7.41. The van der Waals surface area contributed by atoms with Crippen LogP contribution in [0.15, 0.2) is 24.3 Å². The van der Waals surface area contributed by atoms with Crippen molar-refractivity contribution in [2.24, 2.45) is 0 Å². The number of hydrogen-bond acceptors (Lipinski definition) is 4. The van der Waals surface area contributed by atoms with Gasteiger partial charge in [-0.2, -0.15) is 0 Å². The third-order valence-electron chi connectivity index (χ3n) is 5.54.